The Morgan fingerprint density at radius 2 is 1.95 bits per heavy atom. The standard InChI is InChI=1S/C17H25FN2O/c1-14-7-11-20(12-8-14)10-2-9-19-17(21)13-15-3-5-16(18)6-4-15/h3-6,14H,2,7-13H2,1H3,(H,19,21). The highest BCUT2D eigenvalue weighted by molar-refractivity contribution is 5.78. The van der Waals surface area contributed by atoms with Crippen LogP contribution in [-0.2, 0) is 11.2 Å². The predicted octanol–water partition coefficient (Wildman–Crippen LogP) is 2.61. The first kappa shape index (κ1) is 16.0. The fourth-order valence-electron chi connectivity index (χ4n) is 2.67. The van der Waals surface area contributed by atoms with Gasteiger partial charge < -0.3 is 10.2 Å². The first-order valence-corrected chi connectivity index (χ1v) is 7.87. The quantitative estimate of drug-likeness (QED) is 0.817. The summed E-state index contributed by atoms with van der Waals surface area (Å²) in [6.07, 6.45) is 3.89. The summed E-state index contributed by atoms with van der Waals surface area (Å²) >= 11 is 0. The number of piperidine rings is 1. The summed E-state index contributed by atoms with van der Waals surface area (Å²) in [5, 5.41) is 2.93. The number of nitrogens with zero attached hydrogens (tertiary/aromatic N) is 1. The van der Waals surface area contributed by atoms with Gasteiger partial charge in [0.1, 0.15) is 5.82 Å². The van der Waals surface area contributed by atoms with Crippen LogP contribution in [-0.4, -0.2) is 37.0 Å². The molecule has 0 radical (unpaired) electrons. The van der Waals surface area contributed by atoms with Gasteiger partial charge in [-0.3, -0.25) is 4.79 Å². The minimum absolute atomic E-state index is 0.00822. The number of nitrogens with one attached hydrogen (secondary N) is 1. The summed E-state index contributed by atoms with van der Waals surface area (Å²) < 4.78 is 12.8. The third kappa shape index (κ3) is 5.84. The van der Waals surface area contributed by atoms with E-state index in [4.69, 9.17) is 0 Å². The van der Waals surface area contributed by atoms with Gasteiger partial charge in [-0.25, -0.2) is 4.39 Å². The van der Waals surface area contributed by atoms with E-state index in [0.29, 0.717) is 13.0 Å². The lowest BCUT2D eigenvalue weighted by Gasteiger charge is -2.30. The lowest BCUT2D eigenvalue weighted by Crippen LogP contribution is -2.35. The van der Waals surface area contributed by atoms with Crippen LogP contribution in [0.1, 0.15) is 31.7 Å². The summed E-state index contributed by atoms with van der Waals surface area (Å²) in [7, 11) is 0. The first-order valence-electron chi connectivity index (χ1n) is 7.87. The van der Waals surface area contributed by atoms with E-state index in [9.17, 15) is 9.18 Å². The topological polar surface area (TPSA) is 32.3 Å². The van der Waals surface area contributed by atoms with E-state index in [0.717, 1.165) is 24.4 Å². The molecule has 0 saturated carbocycles. The number of amides is 1. The van der Waals surface area contributed by atoms with Crippen molar-refractivity contribution in [1.29, 1.82) is 0 Å². The van der Waals surface area contributed by atoms with Gasteiger partial charge in [-0.15, -0.1) is 0 Å². The number of carbonyl (C=O) groups is 1. The zero-order valence-corrected chi connectivity index (χ0v) is 12.8. The second-order valence-corrected chi connectivity index (χ2v) is 6.03. The van der Waals surface area contributed by atoms with Crippen molar-refractivity contribution in [3.8, 4) is 0 Å². The van der Waals surface area contributed by atoms with Crippen molar-refractivity contribution in [2.24, 2.45) is 5.92 Å². The Morgan fingerprint density at radius 1 is 1.29 bits per heavy atom. The van der Waals surface area contributed by atoms with Crippen molar-refractivity contribution in [2.45, 2.75) is 32.6 Å². The Bertz CT molecular complexity index is 439. The molecular formula is C17H25FN2O. The smallest absolute Gasteiger partial charge is 0.224 e. The molecule has 1 aliphatic heterocycles. The fourth-order valence-corrected chi connectivity index (χ4v) is 2.67. The molecule has 0 aliphatic carbocycles. The number of likely N-dealkylation sites (tertiary alicyclic amines) is 1. The molecule has 116 valence electrons. The van der Waals surface area contributed by atoms with Gasteiger partial charge in [-0.1, -0.05) is 19.1 Å². The summed E-state index contributed by atoms with van der Waals surface area (Å²) in [5.41, 5.74) is 0.846. The van der Waals surface area contributed by atoms with Gasteiger partial charge in [-0.2, -0.15) is 0 Å². The largest absolute Gasteiger partial charge is 0.356 e. The van der Waals surface area contributed by atoms with E-state index in [1.54, 1.807) is 12.1 Å². The highest BCUT2D eigenvalue weighted by Crippen LogP contribution is 2.15. The van der Waals surface area contributed by atoms with Crippen LogP contribution in [0.2, 0.25) is 0 Å². The number of rotatable bonds is 6. The third-order valence-electron chi connectivity index (χ3n) is 4.13. The molecule has 3 nitrogen and oxygen atoms in total. The SMILES string of the molecule is CC1CCN(CCCNC(=O)Cc2ccc(F)cc2)CC1. The monoisotopic (exact) mass is 292 g/mol. The third-order valence-corrected chi connectivity index (χ3v) is 4.13. The Kier molecular flexibility index (Phi) is 6.18. The molecule has 2 rings (SSSR count). The number of halogens is 1. The molecule has 0 bridgehead atoms. The lowest BCUT2D eigenvalue weighted by molar-refractivity contribution is -0.120. The summed E-state index contributed by atoms with van der Waals surface area (Å²) in [4.78, 5) is 14.3. The second-order valence-electron chi connectivity index (χ2n) is 6.03. The molecule has 21 heavy (non-hydrogen) atoms. The maximum atomic E-state index is 12.8. The van der Waals surface area contributed by atoms with Gasteiger partial charge in [0, 0.05) is 6.54 Å². The average Bonchev–Trinajstić information content (AvgIpc) is 2.48. The minimum Gasteiger partial charge on any atom is -0.356 e. The molecular weight excluding hydrogens is 267 g/mol. The van der Waals surface area contributed by atoms with Crippen LogP contribution in [0.3, 0.4) is 0 Å². The van der Waals surface area contributed by atoms with Gasteiger partial charge in [0.2, 0.25) is 5.91 Å². The molecule has 0 aromatic heterocycles. The number of hydrogen-bond donors (Lipinski definition) is 1. The minimum atomic E-state index is -0.269. The second kappa shape index (κ2) is 8.13. The van der Waals surface area contributed by atoms with Crippen LogP contribution in [0.25, 0.3) is 0 Å². The molecule has 4 heteroatoms. The van der Waals surface area contributed by atoms with E-state index in [2.05, 4.69) is 17.1 Å². The molecule has 0 spiro atoms. The Balaban J connectivity index is 1.58. The first-order chi connectivity index (χ1) is 10.1. The van der Waals surface area contributed by atoms with Crippen LogP contribution in [0.15, 0.2) is 24.3 Å². The number of carbonyl (C=O) groups excluding carboxylic acids is 1. The molecule has 1 heterocycles. The molecule has 1 fully saturated rings. The predicted molar refractivity (Wildman–Crippen MR) is 82.6 cm³/mol. The number of benzene rings is 1. The normalized spacial score (nSPS) is 16.9. The maximum Gasteiger partial charge on any atom is 0.224 e. The Morgan fingerprint density at radius 3 is 2.62 bits per heavy atom. The van der Waals surface area contributed by atoms with Gasteiger partial charge in [0.25, 0.3) is 0 Å². The van der Waals surface area contributed by atoms with E-state index >= 15 is 0 Å². The molecule has 1 saturated heterocycles. The van der Waals surface area contributed by atoms with Crippen LogP contribution < -0.4 is 5.32 Å². The van der Waals surface area contributed by atoms with Crippen LogP contribution >= 0.6 is 0 Å². The zero-order chi connectivity index (χ0) is 15.1. The zero-order valence-electron chi connectivity index (χ0n) is 12.8. The lowest BCUT2D eigenvalue weighted by atomic mass is 9.99. The Hall–Kier alpha value is -1.42. The fraction of sp³-hybridized carbons (Fsp3) is 0.588. The maximum absolute atomic E-state index is 12.8. The highest BCUT2D eigenvalue weighted by Gasteiger charge is 2.14. The van der Waals surface area contributed by atoms with Gasteiger partial charge in [0.05, 0.1) is 6.42 Å². The molecule has 0 unspecified atom stereocenters. The van der Waals surface area contributed by atoms with E-state index < -0.39 is 0 Å². The highest BCUT2D eigenvalue weighted by atomic mass is 19.1. The van der Waals surface area contributed by atoms with Crippen LogP contribution in [0.5, 0.6) is 0 Å². The molecule has 0 atom stereocenters. The molecule has 1 aromatic rings. The van der Waals surface area contributed by atoms with Crippen molar-refractivity contribution in [3.05, 3.63) is 35.6 Å². The van der Waals surface area contributed by atoms with Gasteiger partial charge in [0.15, 0.2) is 0 Å². The van der Waals surface area contributed by atoms with Crippen molar-refractivity contribution >= 4 is 5.91 Å². The summed E-state index contributed by atoms with van der Waals surface area (Å²) in [5.74, 6) is 0.598. The number of hydrogen-bond acceptors (Lipinski definition) is 2. The molecule has 1 N–H and O–H groups in total. The van der Waals surface area contributed by atoms with E-state index in [1.165, 1.54) is 38.1 Å². The van der Waals surface area contributed by atoms with Crippen molar-refractivity contribution in [2.75, 3.05) is 26.2 Å². The van der Waals surface area contributed by atoms with Gasteiger partial charge in [-0.05, 0) is 62.5 Å². The molecule has 1 aromatic carbocycles. The van der Waals surface area contributed by atoms with Crippen molar-refractivity contribution < 1.29 is 9.18 Å². The van der Waals surface area contributed by atoms with Crippen LogP contribution in [0.4, 0.5) is 4.39 Å². The Labute approximate surface area is 126 Å². The molecule has 1 amide bonds. The van der Waals surface area contributed by atoms with Crippen LogP contribution in [0, 0.1) is 11.7 Å². The van der Waals surface area contributed by atoms with Gasteiger partial charge >= 0.3 is 0 Å². The van der Waals surface area contributed by atoms with Crippen molar-refractivity contribution in [1.82, 2.24) is 10.2 Å². The summed E-state index contributed by atoms with van der Waals surface area (Å²) in [6, 6.07) is 6.09. The van der Waals surface area contributed by atoms with E-state index in [1.807, 2.05) is 0 Å². The average molecular weight is 292 g/mol. The van der Waals surface area contributed by atoms with E-state index in [-0.39, 0.29) is 11.7 Å². The molecule has 1 aliphatic rings. The summed E-state index contributed by atoms with van der Waals surface area (Å²) in [6.45, 7) is 6.46. The van der Waals surface area contributed by atoms with Crippen molar-refractivity contribution in [3.63, 3.8) is 0 Å².